The van der Waals surface area contributed by atoms with Gasteiger partial charge < -0.3 is 19.8 Å². The van der Waals surface area contributed by atoms with Gasteiger partial charge in [-0.1, -0.05) is 0 Å². The van der Waals surface area contributed by atoms with Crippen LogP contribution in [-0.4, -0.2) is 78.1 Å². The lowest BCUT2D eigenvalue weighted by Crippen LogP contribution is -2.52. The summed E-state index contributed by atoms with van der Waals surface area (Å²) >= 11 is 0. The number of amides is 2. The molecule has 0 spiro atoms. The number of urea groups is 1. The molecule has 2 saturated heterocycles. The van der Waals surface area contributed by atoms with Gasteiger partial charge in [-0.2, -0.15) is 0 Å². The van der Waals surface area contributed by atoms with Gasteiger partial charge in [0.2, 0.25) is 0 Å². The van der Waals surface area contributed by atoms with E-state index in [1.54, 1.807) is 4.90 Å². The fourth-order valence-corrected chi connectivity index (χ4v) is 3.11. The lowest BCUT2D eigenvalue weighted by Gasteiger charge is -2.39. The Balaban J connectivity index is 1.91. The summed E-state index contributed by atoms with van der Waals surface area (Å²) in [5.74, 6) is -1.19. The van der Waals surface area contributed by atoms with Crippen LogP contribution in [0.2, 0.25) is 0 Å². The molecule has 2 aliphatic heterocycles. The van der Waals surface area contributed by atoms with Crippen LogP contribution < -0.4 is 0 Å². The third kappa shape index (κ3) is 3.42. The first kappa shape index (κ1) is 15.1. The molecule has 0 aromatic rings. The van der Waals surface area contributed by atoms with Crippen LogP contribution in [-0.2, 0) is 4.79 Å². The van der Waals surface area contributed by atoms with Crippen molar-refractivity contribution in [1.29, 1.82) is 0 Å². The van der Waals surface area contributed by atoms with Crippen molar-refractivity contribution in [2.24, 2.45) is 5.92 Å². The zero-order chi connectivity index (χ0) is 14.7. The van der Waals surface area contributed by atoms with Crippen LogP contribution in [0.1, 0.15) is 25.7 Å². The van der Waals surface area contributed by atoms with Crippen molar-refractivity contribution in [3.8, 4) is 0 Å². The van der Waals surface area contributed by atoms with E-state index in [-0.39, 0.29) is 12.1 Å². The zero-order valence-corrected chi connectivity index (χ0v) is 12.4. The second-order valence-electron chi connectivity index (χ2n) is 6.05. The molecule has 2 heterocycles. The Bertz CT molecular complexity index is 367. The summed E-state index contributed by atoms with van der Waals surface area (Å²) in [5, 5.41) is 9.10. The van der Waals surface area contributed by atoms with E-state index in [1.165, 1.54) is 0 Å². The number of nitrogens with zero attached hydrogens (tertiary/aromatic N) is 3. The number of carboxylic acids is 1. The molecule has 2 aliphatic rings. The molecule has 1 atom stereocenters. The summed E-state index contributed by atoms with van der Waals surface area (Å²) in [4.78, 5) is 29.4. The number of aliphatic carboxylic acids is 1. The van der Waals surface area contributed by atoms with Crippen molar-refractivity contribution >= 4 is 12.0 Å². The van der Waals surface area contributed by atoms with Gasteiger partial charge in [0.25, 0.3) is 0 Å². The molecule has 0 unspecified atom stereocenters. The molecule has 0 aromatic heterocycles. The maximum Gasteiger partial charge on any atom is 0.320 e. The number of rotatable bonds is 2. The van der Waals surface area contributed by atoms with Gasteiger partial charge in [0.05, 0.1) is 5.92 Å². The minimum Gasteiger partial charge on any atom is -0.481 e. The molecule has 2 fully saturated rings. The number of piperidine rings is 2. The topological polar surface area (TPSA) is 64.1 Å². The normalized spacial score (nSPS) is 25.5. The van der Waals surface area contributed by atoms with E-state index in [4.69, 9.17) is 5.11 Å². The Labute approximate surface area is 120 Å². The summed E-state index contributed by atoms with van der Waals surface area (Å²) < 4.78 is 0. The predicted octanol–water partition coefficient (Wildman–Crippen LogP) is 0.929. The first-order valence-electron chi connectivity index (χ1n) is 7.42. The van der Waals surface area contributed by atoms with Gasteiger partial charge in [0, 0.05) is 26.2 Å². The largest absolute Gasteiger partial charge is 0.481 e. The molecule has 114 valence electrons. The average molecular weight is 283 g/mol. The Hall–Kier alpha value is -1.30. The van der Waals surface area contributed by atoms with Gasteiger partial charge in [0.15, 0.2) is 0 Å². The first-order valence-corrected chi connectivity index (χ1v) is 7.42. The summed E-state index contributed by atoms with van der Waals surface area (Å²) in [7, 11) is 3.95. The monoisotopic (exact) mass is 283 g/mol. The van der Waals surface area contributed by atoms with Crippen molar-refractivity contribution in [2.45, 2.75) is 31.7 Å². The Kier molecular flexibility index (Phi) is 4.86. The van der Waals surface area contributed by atoms with Crippen molar-refractivity contribution < 1.29 is 14.7 Å². The van der Waals surface area contributed by atoms with Crippen LogP contribution in [0.25, 0.3) is 0 Å². The highest BCUT2D eigenvalue weighted by Crippen LogP contribution is 2.20. The molecule has 0 saturated carbocycles. The molecule has 0 bridgehead atoms. The molecule has 0 aromatic carbocycles. The highest BCUT2D eigenvalue weighted by atomic mass is 16.4. The van der Waals surface area contributed by atoms with Gasteiger partial charge in [-0.25, -0.2) is 4.79 Å². The van der Waals surface area contributed by atoms with E-state index in [1.807, 2.05) is 11.9 Å². The van der Waals surface area contributed by atoms with E-state index >= 15 is 0 Å². The Morgan fingerprint density at radius 1 is 1.15 bits per heavy atom. The van der Waals surface area contributed by atoms with Gasteiger partial charge in [0.1, 0.15) is 0 Å². The molecule has 2 amide bonds. The maximum atomic E-state index is 12.5. The Morgan fingerprint density at radius 3 is 2.40 bits per heavy atom. The van der Waals surface area contributed by atoms with Gasteiger partial charge >= 0.3 is 12.0 Å². The highest BCUT2D eigenvalue weighted by Gasteiger charge is 2.32. The molecule has 2 rings (SSSR count). The van der Waals surface area contributed by atoms with Crippen LogP contribution in [0.3, 0.4) is 0 Å². The standard InChI is InChI=1S/C14H25N3O3/c1-15-8-5-12(6-9-15)16(2)14(20)17-7-3-4-11(10-17)13(18)19/h11-12H,3-10H2,1-2H3,(H,18,19)/t11-/m0/s1. The Morgan fingerprint density at radius 2 is 1.80 bits per heavy atom. The fourth-order valence-electron chi connectivity index (χ4n) is 3.11. The molecule has 20 heavy (non-hydrogen) atoms. The number of hydrogen-bond acceptors (Lipinski definition) is 3. The van der Waals surface area contributed by atoms with Crippen LogP contribution >= 0.6 is 0 Å². The maximum absolute atomic E-state index is 12.5. The summed E-state index contributed by atoms with van der Waals surface area (Å²) in [5.41, 5.74) is 0. The third-order valence-corrected chi connectivity index (χ3v) is 4.58. The van der Waals surface area contributed by atoms with E-state index in [0.717, 1.165) is 32.4 Å². The predicted molar refractivity (Wildman–Crippen MR) is 75.6 cm³/mol. The van der Waals surface area contributed by atoms with Crippen LogP contribution in [0.5, 0.6) is 0 Å². The van der Waals surface area contributed by atoms with Crippen molar-refractivity contribution in [3.05, 3.63) is 0 Å². The quantitative estimate of drug-likeness (QED) is 0.819. The minimum atomic E-state index is -0.788. The van der Waals surface area contributed by atoms with Gasteiger partial charge in [-0.15, -0.1) is 0 Å². The average Bonchev–Trinajstić information content (AvgIpc) is 2.46. The van der Waals surface area contributed by atoms with E-state index in [0.29, 0.717) is 19.5 Å². The smallest absolute Gasteiger partial charge is 0.320 e. The van der Waals surface area contributed by atoms with Crippen LogP contribution in [0.4, 0.5) is 4.79 Å². The first-order chi connectivity index (χ1) is 9.49. The van der Waals surface area contributed by atoms with Crippen molar-refractivity contribution in [1.82, 2.24) is 14.7 Å². The summed E-state index contributed by atoms with van der Waals surface area (Å²) in [6.45, 7) is 3.06. The molecular weight excluding hydrogens is 258 g/mol. The zero-order valence-electron chi connectivity index (χ0n) is 12.4. The summed E-state index contributed by atoms with van der Waals surface area (Å²) in [6.07, 6.45) is 3.45. The fraction of sp³-hybridized carbons (Fsp3) is 0.857. The van der Waals surface area contributed by atoms with E-state index in [2.05, 4.69) is 11.9 Å². The number of carbonyl (C=O) groups excluding carboxylic acids is 1. The van der Waals surface area contributed by atoms with E-state index in [9.17, 15) is 9.59 Å². The van der Waals surface area contributed by atoms with Crippen LogP contribution in [0, 0.1) is 5.92 Å². The molecular formula is C14H25N3O3. The van der Waals surface area contributed by atoms with Gasteiger partial charge in [-0.05, 0) is 45.8 Å². The van der Waals surface area contributed by atoms with Crippen molar-refractivity contribution in [2.75, 3.05) is 40.3 Å². The number of carbonyl (C=O) groups is 2. The lowest BCUT2D eigenvalue weighted by atomic mass is 9.98. The second kappa shape index (κ2) is 6.43. The van der Waals surface area contributed by atoms with Crippen LogP contribution in [0.15, 0.2) is 0 Å². The molecule has 0 aliphatic carbocycles. The number of carboxylic acid groups (broad SMARTS) is 1. The van der Waals surface area contributed by atoms with Crippen molar-refractivity contribution in [3.63, 3.8) is 0 Å². The highest BCUT2D eigenvalue weighted by molar-refractivity contribution is 5.76. The van der Waals surface area contributed by atoms with E-state index < -0.39 is 11.9 Å². The lowest BCUT2D eigenvalue weighted by molar-refractivity contribution is -0.143. The second-order valence-corrected chi connectivity index (χ2v) is 6.05. The summed E-state index contributed by atoms with van der Waals surface area (Å²) in [6, 6.07) is 0.273. The SMILES string of the molecule is CN1CCC(N(C)C(=O)N2CCC[C@H](C(=O)O)C2)CC1. The number of hydrogen-bond donors (Lipinski definition) is 1. The molecule has 6 nitrogen and oxygen atoms in total. The molecule has 1 N–H and O–H groups in total. The minimum absolute atomic E-state index is 0.00879. The third-order valence-electron chi connectivity index (χ3n) is 4.58. The molecule has 6 heteroatoms. The molecule has 0 radical (unpaired) electrons. The van der Waals surface area contributed by atoms with Gasteiger partial charge in [-0.3, -0.25) is 4.79 Å². The number of likely N-dealkylation sites (tertiary alicyclic amines) is 2.